The summed E-state index contributed by atoms with van der Waals surface area (Å²) < 4.78 is 37.7. The summed E-state index contributed by atoms with van der Waals surface area (Å²) >= 11 is 0. The molecule has 1 aromatic carbocycles. The van der Waals surface area contributed by atoms with E-state index >= 15 is 0 Å². The van der Waals surface area contributed by atoms with E-state index in [1.54, 1.807) is 4.90 Å². The van der Waals surface area contributed by atoms with E-state index in [0.29, 0.717) is 38.9 Å². The lowest BCUT2D eigenvalue weighted by molar-refractivity contribution is -0.139. The topological polar surface area (TPSA) is 52.6 Å². The molecule has 0 radical (unpaired) electrons. The van der Waals surface area contributed by atoms with Crippen molar-refractivity contribution in [2.24, 2.45) is 5.92 Å². The maximum atomic E-state index is 12.6. The van der Waals surface area contributed by atoms with E-state index in [-0.39, 0.29) is 17.7 Å². The number of hydrogen-bond donors (Lipinski definition) is 1. The Bertz CT molecular complexity index is 645. The van der Waals surface area contributed by atoms with Crippen molar-refractivity contribution in [3.63, 3.8) is 0 Å². The van der Waals surface area contributed by atoms with Gasteiger partial charge in [-0.2, -0.15) is 13.2 Å². The van der Waals surface area contributed by atoms with Crippen LogP contribution in [0.5, 0.6) is 0 Å². The van der Waals surface area contributed by atoms with Crippen LogP contribution in [0.3, 0.4) is 0 Å². The number of carbonyl (C=O) groups is 2. The number of nitrogens with zero attached hydrogens (tertiary/aromatic N) is 2. The first-order valence-corrected chi connectivity index (χ1v) is 9.03. The molecule has 0 spiro atoms. The molecule has 2 rings (SSSR count). The van der Waals surface area contributed by atoms with Crippen LogP contribution in [0.1, 0.15) is 24.0 Å². The van der Waals surface area contributed by atoms with E-state index < -0.39 is 11.7 Å². The van der Waals surface area contributed by atoms with Gasteiger partial charge in [0.05, 0.1) is 11.5 Å². The Labute approximate surface area is 157 Å². The minimum absolute atomic E-state index is 0.0747. The number of halogens is 3. The van der Waals surface area contributed by atoms with Gasteiger partial charge in [-0.3, -0.25) is 9.59 Å². The fraction of sp³-hybridized carbons (Fsp3) is 0.579. The van der Waals surface area contributed by atoms with Gasteiger partial charge in [0, 0.05) is 32.6 Å². The average Bonchev–Trinajstić information content (AvgIpc) is 2.60. The number of alkyl halides is 3. The molecular weight excluding hydrogens is 359 g/mol. The SMILES string of the molecule is CN(C)CCN1CC(C(=O)NCCc2ccc(C(F)(F)F)cc2)CCC1=O. The number of amides is 2. The zero-order chi connectivity index (χ0) is 20.0. The van der Waals surface area contributed by atoms with Crippen molar-refractivity contribution < 1.29 is 22.8 Å². The second-order valence-electron chi connectivity index (χ2n) is 7.11. The highest BCUT2D eigenvalue weighted by molar-refractivity contribution is 5.83. The van der Waals surface area contributed by atoms with Crippen molar-refractivity contribution in [2.75, 3.05) is 40.3 Å². The Hall–Kier alpha value is -2.09. The van der Waals surface area contributed by atoms with Crippen LogP contribution in [0.2, 0.25) is 0 Å². The fourth-order valence-corrected chi connectivity index (χ4v) is 3.00. The maximum absolute atomic E-state index is 12.6. The van der Waals surface area contributed by atoms with Gasteiger partial charge in [-0.1, -0.05) is 12.1 Å². The number of hydrogen-bond acceptors (Lipinski definition) is 3. The highest BCUT2D eigenvalue weighted by Gasteiger charge is 2.30. The van der Waals surface area contributed by atoms with E-state index in [0.717, 1.165) is 24.2 Å². The molecule has 0 aromatic heterocycles. The van der Waals surface area contributed by atoms with Crippen LogP contribution in [-0.2, 0) is 22.2 Å². The molecule has 27 heavy (non-hydrogen) atoms. The molecule has 5 nitrogen and oxygen atoms in total. The molecule has 0 aliphatic carbocycles. The van der Waals surface area contributed by atoms with E-state index in [1.807, 2.05) is 19.0 Å². The largest absolute Gasteiger partial charge is 0.416 e. The maximum Gasteiger partial charge on any atom is 0.416 e. The summed E-state index contributed by atoms with van der Waals surface area (Å²) in [6.45, 7) is 2.11. The number of likely N-dealkylation sites (N-methyl/N-ethyl adjacent to an activating group) is 1. The Kier molecular flexibility index (Phi) is 7.24. The number of likely N-dealkylation sites (tertiary alicyclic amines) is 1. The Balaban J connectivity index is 1.79. The zero-order valence-electron chi connectivity index (χ0n) is 15.7. The molecule has 150 valence electrons. The molecule has 1 aliphatic heterocycles. The molecule has 1 N–H and O–H groups in total. The highest BCUT2D eigenvalue weighted by Crippen LogP contribution is 2.29. The molecule has 1 unspecified atom stereocenters. The van der Waals surface area contributed by atoms with Gasteiger partial charge in [-0.15, -0.1) is 0 Å². The van der Waals surface area contributed by atoms with Crippen LogP contribution >= 0.6 is 0 Å². The van der Waals surface area contributed by atoms with Crippen molar-refractivity contribution in [3.8, 4) is 0 Å². The lowest BCUT2D eigenvalue weighted by Crippen LogP contribution is -2.47. The predicted molar refractivity (Wildman–Crippen MR) is 96.0 cm³/mol. The second-order valence-corrected chi connectivity index (χ2v) is 7.11. The molecule has 1 fully saturated rings. The van der Waals surface area contributed by atoms with Crippen LogP contribution in [0, 0.1) is 5.92 Å². The van der Waals surface area contributed by atoms with Crippen LogP contribution < -0.4 is 5.32 Å². The molecule has 1 saturated heterocycles. The van der Waals surface area contributed by atoms with Crippen LogP contribution in [0.4, 0.5) is 13.2 Å². The van der Waals surface area contributed by atoms with Gasteiger partial charge >= 0.3 is 6.18 Å². The average molecular weight is 385 g/mol. The highest BCUT2D eigenvalue weighted by atomic mass is 19.4. The third-order valence-electron chi connectivity index (χ3n) is 4.68. The summed E-state index contributed by atoms with van der Waals surface area (Å²) in [5.41, 5.74) is 0.0507. The van der Waals surface area contributed by atoms with Crippen molar-refractivity contribution in [1.29, 1.82) is 0 Å². The molecule has 0 saturated carbocycles. The van der Waals surface area contributed by atoms with Crippen molar-refractivity contribution in [3.05, 3.63) is 35.4 Å². The fourth-order valence-electron chi connectivity index (χ4n) is 3.00. The number of benzene rings is 1. The smallest absolute Gasteiger partial charge is 0.355 e. The first-order chi connectivity index (χ1) is 12.7. The molecule has 1 atom stereocenters. The van der Waals surface area contributed by atoms with Gasteiger partial charge in [0.1, 0.15) is 0 Å². The van der Waals surface area contributed by atoms with Gasteiger partial charge < -0.3 is 15.1 Å². The lowest BCUT2D eigenvalue weighted by atomic mass is 9.96. The first kappa shape index (κ1) is 21.2. The Morgan fingerprint density at radius 1 is 1.26 bits per heavy atom. The van der Waals surface area contributed by atoms with Gasteiger partial charge in [0.15, 0.2) is 0 Å². The van der Waals surface area contributed by atoms with Crippen molar-refractivity contribution >= 4 is 11.8 Å². The molecule has 1 aromatic rings. The normalized spacial score (nSPS) is 18.1. The molecule has 0 bridgehead atoms. The van der Waals surface area contributed by atoms with E-state index in [4.69, 9.17) is 0 Å². The molecule has 1 heterocycles. The third kappa shape index (κ3) is 6.53. The summed E-state index contributed by atoms with van der Waals surface area (Å²) in [7, 11) is 3.86. The van der Waals surface area contributed by atoms with E-state index in [1.165, 1.54) is 12.1 Å². The predicted octanol–water partition coefficient (Wildman–Crippen LogP) is 2.16. The number of nitrogens with one attached hydrogen (secondary N) is 1. The molecule has 8 heteroatoms. The van der Waals surface area contributed by atoms with Crippen LogP contribution in [0.25, 0.3) is 0 Å². The van der Waals surface area contributed by atoms with Crippen LogP contribution in [-0.4, -0.2) is 61.9 Å². The van der Waals surface area contributed by atoms with E-state index in [2.05, 4.69) is 5.32 Å². The first-order valence-electron chi connectivity index (χ1n) is 9.03. The standard InChI is InChI=1S/C19H26F3N3O2/c1-24(2)11-12-25-13-15(5-8-17(25)26)18(27)23-10-9-14-3-6-16(7-4-14)19(20,21)22/h3-4,6-7,15H,5,8-13H2,1-2H3,(H,23,27). The Morgan fingerprint density at radius 3 is 2.52 bits per heavy atom. The quantitative estimate of drug-likeness (QED) is 0.783. The molecule has 2 amide bonds. The summed E-state index contributed by atoms with van der Waals surface area (Å²) in [5.74, 6) is -0.271. The van der Waals surface area contributed by atoms with Crippen molar-refractivity contribution in [1.82, 2.24) is 15.1 Å². The molecular formula is C19H26F3N3O2. The number of carbonyl (C=O) groups excluding carboxylic acids is 2. The summed E-state index contributed by atoms with van der Waals surface area (Å²) in [4.78, 5) is 28.0. The third-order valence-corrected chi connectivity index (χ3v) is 4.68. The summed E-state index contributed by atoms with van der Waals surface area (Å²) in [6, 6.07) is 4.95. The lowest BCUT2D eigenvalue weighted by Gasteiger charge is -2.32. The summed E-state index contributed by atoms with van der Waals surface area (Å²) in [5, 5.41) is 2.84. The monoisotopic (exact) mass is 385 g/mol. The van der Waals surface area contributed by atoms with Gasteiger partial charge in [-0.05, 0) is 44.6 Å². The van der Waals surface area contributed by atoms with Gasteiger partial charge in [0.2, 0.25) is 11.8 Å². The zero-order valence-corrected chi connectivity index (χ0v) is 15.7. The van der Waals surface area contributed by atoms with Gasteiger partial charge in [-0.25, -0.2) is 0 Å². The Morgan fingerprint density at radius 2 is 1.93 bits per heavy atom. The second kappa shape index (κ2) is 9.21. The van der Waals surface area contributed by atoms with Crippen molar-refractivity contribution in [2.45, 2.75) is 25.4 Å². The van der Waals surface area contributed by atoms with Gasteiger partial charge in [0.25, 0.3) is 0 Å². The minimum Gasteiger partial charge on any atom is -0.355 e. The summed E-state index contributed by atoms with van der Waals surface area (Å²) in [6.07, 6.45) is -2.99. The van der Waals surface area contributed by atoms with Crippen LogP contribution in [0.15, 0.2) is 24.3 Å². The van der Waals surface area contributed by atoms with E-state index in [9.17, 15) is 22.8 Å². The minimum atomic E-state index is -4.34. The number of rotatable bonds is 7. The number of piperidine rings is 1. The molecule has 1 aliphatic rings.